The molecule has 1 amide bonds. The van der Waals surface area contributed by atoms with Gasteiger partial charge in [-0.25, -0.2) is 0 Å². The van der Waals surface area contributed by atoms with Crippen LogP contribution >= 0.6 is 23.2 Å². The van der Waals surface area contributed by atoms with Crippen LogP contribution in [0, 0.1) is 13.8 Å². The lowest BCUT2D eigenvalue weighted by molar-refractivity contribution is 0.102. The van der Waals surface area contributed by atoms with Crippen LogP contribution in [0.4, 0.5) is 5.82 Å². The van der Waals surface area contributed by atoms with Gasteiger partial charge in [0.1, 0.15) is 5.69 Å². The Hall–Kier alpha value is -3.09. The smallest absolute Gasteiger partial charge is 0.274 e. The number of amides is 1. The fraction of sp³-hybridized carbons (Fsp3) is 0.136. The maximum absolute atomic E-state index is 12.6. The van der Waals surface area contributed by atoms with E-state index in [9.17, 15) is 4.79 Å². The molecule has 4 rings (SSSR count). The quantitative estimate of drug-likeness (QED) is 0.431. The van der Waals surface area contributed by atoms with Crippen molar-refractivity contribution in [1.82, 2.24) is 20.0 Å². The van der Waals surface area contributed by atoms with Crippen LogP contribution in [0.25, 0.3) is 11.3 Å². The summed E-state index contributed by atoms with van der Waals surface area (Å²) in [4.78, 5) is 12.6. The molecular weight excluding hydrogens is 421 g/mol. The molecular formula is C22H19Cl2N5O. The first-order valence-electron chi connectivity index (χ1n) is 9.32. The molecule has 0 saturated heterocycles. The van der Waals surface area contributed by atoms with Crippen molar-refractivity contribution in [3.05, 3.63) is 87.2 Å². The largest absolute Gasteiger partial charge is 0.304 e. The molecule has 0 aliphatic rings. The molecule has 0 unspecified atom stereocenters. The lowest BCUT2D eigenvalue weighted by Gasteiger charge is -2.08. The lowest BCUT2D eigenvalue weighted by Crippen LogP contribution is -2.13. The Kier molecular flexibility index (Phi) is 5.61. The molecule has 0 aliphatic carbocycles. The van der Waals surface area contributed by atoms with Gasteiger partial charge in [-0.1, -0.05) is 59.1 Å². The highest BCUT2D eigenvalue weighted by Gasteiger charge is 2.15. The average molecular weight is 440 g/mol. The molecule has 2 aromatic heterocycles. The number of carbonyl (C=O) groups is 1. The van der Waals surface area contributed by atoms with E-state index in [2.05, 4.69) is 20.6 Å². The first-order valence-corrected chi connectivity index (χ1v) is 10.1. The average Bonchev–Trinajstić information content (AvgIpc) is 3.33. The van der Waals surface area contributed by atoms with Crippen LogP contribution < -0.4 is 5.32 Å². The highest BCUT2D eigenvalue weighted by molar-refractivity contribution is 6.35. The topological polar surface area (TPSA) is 75.6 Å². The molecule has 0 bridgehead atoms. The number of anilines is 1. The van der Waals surface area contributed by atoms with Crippen LogP contribution in [0.15, 0.2) is 54.6 Å². The summed E-state index contributed by atoms with van der Waals surface area (Å²) in [6.45, 7) is 4.33. The number of aromatic nitrogens is 4. The van der Waals surface area contributed by atoms with Crippen molar-refractivity contribution >= 4 is 34.9 Å². The number of halogens is 2. The number of benzene rings is 2. The van der Waals surface area contributed by atoms with E-state index < -0.39 is 0 Å². The van der Waals surface area contributed by atoms with E-state index in [-0.39, 0.29) is 5.91 Å². The number of hydrogen-bond acceptors (Lipinski definition) is 3. The van der Waals surface area contributed by atoms with Crippen molar-refractivity contribution in [3.63, 3.8) is 0 Å². The number of aromatic amines is 1. The normalized spacial score (nSPS) is 10.9. The summed E-state index contributed by atoms with van der Waals surface area (Å²) in [7, 11) is 0. The number of carbonyl (C=O) groups excluding carboxylic acids is 1. The maximum atomic E-state index is 12.6. The third-order valence-electron chi connectivity index (χ3n) is 4.76. The second-order valence-corrected chi connectivity index (χ2v) is 7.83. The Bertz CT molecular complexity index is 1190. The molecule has 0 saturated carbocycles. The highest BCUT2D eigenvalue weighted by atomic mass is 35.5. The lowest BCUT2D eigenvalue weighted by atomic mass is 10.1. The molecule has 2 aromatic carbocycles. The van der Waals surface area contributed by atoms with Gasteiger partial charge in [0.15, 0.2) is 5.82 Å². The zero-order valence-electron chi connectivity index (χ0n) is 16.4. The molecule has 6 nitrogen and oxygen atoms in total. The van der Waals surface area contributed by atoms with E-state index in [4.69, 9.17) is 23.2 Å². The van der Waals surface area contributed by atoms with Crippen molar-refractivity contribution in [2.24, 2.45) is 0 Å². The molecule has 4 aromatic rings. The van der Waals surface area contributed by atoms with E-state index in [1.165, 1.54) is 0 Å². The fourth-order valence-corrected chi connectivity index (χ4v) is 3.58. The van der Waals surface area contributed by atoms with Gasteiger partial charge in [-0.3, -0.25) is 14.6 Å². The maximum Gasteiger partial charge on any atom is 0.274 e. The van der Waals surface area contributed by atoms with Crippen LogP contribution in [0.1, 0.15) is 27.3 Å². The summed E-state index contributed by atoms with van der Waals surface area (Å²) >= 11 is 12.5. The molecule has 30 heavy (non-hydrogen) atoms. The Labute approximate surface area is 183 Å². The minimum Gasteiger partial charge on any atom is -0.304 e. The van der Waals surface area contributed by atoms with Gasteiger partial charge in [-0.2, -0.15) is 10.2 Å². The predicted molar refractivity (Wildman–Crippen MR) is 119 cm³/mol. The van der Waals surface area contributed by atoms with Crippen LogP contribution in [-0.2, 0) is 6.54 Å². The van der Waals surface area contributed by atoms with Crippen molar-refractivity contribution in [3.8, 4) is 11.3 Å². The van der Waals surface area contributed by atoms with Gasteiger partial charge < -0.3 is 5.32 Å². The SMILES string of the molecule is Cc1ccc(-c2cc(C(=O)Nc3cc(C)n(Cc4c(Cl)cccc4Cl)n3)[nH]n2)cc1. The molecule has 0 aliphatic heterocycles. The third kappa shape index (κ3) is 4.25. The van der Waals surface area contributed by atoms with Gasteiger partial charge in [-0.05, 0) is 32.0 Å². The van der Waals surface area contributed by atoms with Crippen molar-refractivity contribution in [2.45, 2.75) is 20.4 Å². The molecule has 2 heterocycles. The summed E-state index contributed by atoms with van der Waals surface area (Å²) in [6.07, 6.45) is 0. The van der Waals surface area contributed by atoms with E-state index in [0.717, 1.165) is 22.4 Å². The van der Waals surface area contributed by atoms with Crippen molar-refractivity contribution in [1.29, 1.82) is 0 Å². The highest BCUT2D eigenvalue weighted by Crippen LogP contribution is 2.26. The minimum atomic E-state index is -0.318. The van der Waals surface area contributed by atoms with Crippen LogP contribution in [0.2, 0.25) is 10.0 Å². The van der Waals surface area contributed by atoms with Crippen LogP contribution in [-0.4, -0.2) is 25.9 Å². The zero-order valence-corrected chi connectivity index (χ0v) is 17.9. The summed E-state index contributed by atoms with van der Waals surface area (Å²) < 4.78 is 1.74. The Morgan fingerprint density at radius 1 is 1.07 bits per heavy atom. The van der Waals surface area contributed by atoms with Gasteiger partial charge in [-0.15, -0.1) is 0 Å². The third-order valence-corrected chi connectivity index (χ3v) is 5.47. The van der Waals surface area contributed by atoms with Crippen molar-refractivity contribution in [2.75, 3.05) is 5.32 Å². The molecule has 0 spiro atoms. The molecule has 152 valence electrons. The number of hydrogen-bond donors (Lipinski definition) is 2. The molecule has 0 fully saturated rings. The zero-order chi connectivity index (χ0) is 21.3. The summed E-state index contributed by atoms with van der Waals surface area (Å²) in [5.74, 6) is 0.119. The predicted octanol–water partition coefficient (Wildman–Crippen LogP) is 5.50. The number of aryl methyl sites for hydroxylation is 2. The number of nitrogens with zero attached hydrogens (tertiary/aromatic N) is 3. The molecule has 0 atom stereocenters. The van der Waals surface area contributed by atoms with Crippen LogP contribution in [0.3, 0.4) is 0 Å². The Morgan fingerprint density at radius 2 is 1.77 bits per heavy atom. The summed E-state index contributed by atoms with van der Waals surface area (Å²) in [6, 6.07) is 16.8. The first kappa shape index (κ1) is 20.2. The minimum absolute atomic E-state index is 0.318. The summed E-state index contributed by atoms with van der Waals surface area (Å²) in [5.41, 5.74) is 4.80. The van der Waals surface area contributed by atoms with E-state index >= 15 is 0 Å². The Morgan fingerprint density at radius 3 is 2.47 bits per heavy atom. The fourth-order valence-electron chi connectivity index (χ4n) is 3.06. The number of rotatable bonds is 5. The van der Waals surface area contributed by atoms with Gasteiger partial charge in [0.05, 0.1) is 12.2 Å². The standard InChI is InChI=1S/C22H19Cl2N5O/c1-13-6-8-15(9-7-13)19-11-20(27-26-19)22(30)25-21-10-14(2)29(28-21)12-16-17(23)4-3-5-18(16)24/h3-11H,12H2,1-2H3,(H,26,27)(H,25,28,30). The molecule has 2 N–H and O–H groups in total. The summed E-state index contributed by atoms with van der Waals surface area (Å²) in [5, 5.41) is 15.4. The first-order chi connectivity index (χ1) is 14.4. The number of nitrogens with one attached hydrogen (secondary N) is 2. The Balaban J connectivity index is 1.49. The second kappa shape index (κ2) is 8.34. The van der Waals surface area contributed by atoms with E-state index in [1.807, 2.05) is 38.1 Å². The molecule has 0 radical (unpaired) electrons. The molecule has 8 heteroatoms. The van der Waals surface area contributed by atoms with Gasteiger partial charge in [0, 0.05) is 32.9 Å². The van der Waals surface area contributed by atoms with Crippen molar-refractivity contribution < 1.29 is 4.79 Å². The second-order valence-electron chi connectivity index (χ2n) is 7.02. The van der Waals surface area contributed by atoms with Gasteiger partial charge in [0.2, 0.25) is 0 Å². The number of H-pyrrole nitrogens is 1. The van der Waals surface area contributed by atoms with E-state index in [1.54, 1.807) is 35.0 Å². The van der Waals surface area contributed by atoms with Gasteiger partial charge >= 0.3 is 0 Å². The monoisotopic (exact) mass is 439 g/mol. The van der Waals surface area contributed by atoms with Gasteiger partial charge in [0.25, 0.3) is 5.91 Å². The van der Waals surface area contributed by atoms with E-state index in [0.29, 0.717) is 33.8 Å². The van der Waals surface area contributed by atoms with Crippen LogP contribution in [0.5, 0.6) is 0 Å².